The van der Waals surface area contributed by atoms with Crippen LogP contribution in [-0.4, -0.2) is 0 Å². The fraction of sp³-hybridized carbons (Fsp3) is 0.256. The lowest BCUT2D eigenvalue weighted by atomic mass is 9.77. The lowest BCUT2D eigenvalue weighted by molar-refractivity contribution is 0.571. The molecule has 6 aliphatic carbocycles. The largest absolute Gasteiger partial charge is 0.0839 e. The number of aryl methyl sites for hydroxylation is 1. The van der Waals surface area contributed by atoms with Crippen LogP contribution >= 0.6 is 0 Å². The van der Waals surface area contributed by atoms with Crippen molar-refractivity contribution in [2.45, 2.75) is 64.7 Å². The average Bonchev–Trinajstić information content (AvgIpc) is 3.39. The average molecular weight is 555 g/mol. The molecule has 0 saturated carbocycles. The molecule has 0 amide bonds. The minimum atomic E-state index is 0.715. The van der Waals surface area contributed by atoms with Gasteiger partial charge in [-0.3, -0.25) is 0 Å². The summed E-state index contributed by atoms with van der Waals surface area (Å²) < 4.78 is 0. The number of rotatable bonds is 3. The highest BCUT2D eigenvalue weighted by atomic mass is 14.3. The minimum absolute atomic E-state index is 0.715. The van der Waals surface area contributed by atoms with Crippen molar-refractivity contribution in [3.8, 4) is 11.1 Å². The molecule has 0 aliphatic heterocycles. The summed E-state index contributed by atoms with van der Waals surface area (Å²) in [6.07, 6.45) is 29.9. The molecule has 210 valence electrons. The zero-order valence-corrected chi connectivity index (χ0v) is 25.2. The number of fused-ring (bicyclic) bond motifs is 5. The Balaban J connectivity index is 1.14. The smallest absolute Gasteiger partial charge is 0.00639 e. The first-order chi connectivity index (χ1) is 21.2. The van der Waals surface area contributed by atoms with Gasteiger partial charge < -0.3 is 0 Å². The van der Waals surface area contributed by atoms with Crippen LogP contribution in [0, 0.1) is 12.8 Å². The Hall–Kier alpha value is -4.16. The number of hydrogen-bond donors (Lipinski definition) is 0. The van der Waals surface area contributed by atoms with Crippen LogP contribution in [0.15, 0.2) is 96.1 Å². The first-order valence-corrected chi connectivity index (χ1v) is 16.5. The quantitative estimate of drug-likeness (QED) is 0.308. The predicted molar refractivity (Wildman–Crippen MR) is 183 cm³/mol. The summed E-state index contributed by atoms with van der Waals surface area (Å²) in [5, 5.41) is 5.97. The van der Waals surface area contributed by atoms with Crippen molar-refractivity contribution in [2.24, 2.45) is 5.92 Å². The van der Waals surface area contributed by atoms with Gasteiger partial charge >= 0.3 is 0 Å². The lowest BCUT2D eigenvalue weighted by Gasteiger charge is -2.28. The van der Waals surface area contributed by atoms with E-state index in [0.717, 1.165) is 38.5 Å². The number of benzene rings is 3. The van der Waals surface area contributed by atoms with Crippen molar-refractivity contribution in [1.29, 1.82) is 0 Å². The molecule has 43 heavy (non-hydrogen) atoms. The van der Waals surface area contributed by atoms with Crippen molar-refractivity contribution in [3.05, 3.63) is 139 Å². The fourth-order valence-electron chi connectivity index (χ4n) is 8.94. The van der Waals surface area contributed by atoms with Crippen molar-refractivity contribution < 1.29 is 0 Å². The second-order valence-corrected chi connectivity index (χ2v) is 13.3. The van der Waals surface area contributed by atoms with Gasteiger partial charge in [-0.2, -0.15) is 0 Å². The van der Waals surface area contributed by atoms with Crippen molar-refractivity contribution >= 4 is 34.4 Å². The van der Waals surface area contributed by atoms with Crippen LogP contribution in [0.4, 0.5) is 0 Å². The molecule has 3 aromatic carbocycles. The Labute approximate surface area is 254 Å². The summed E-state index contributed by atoms with van der Waals surface area (Å²) >= 11 is 0. The molecule has 0 saturated heterocycles. The van der Waals surface area contributed by atoms with E-state index in [1.54, 1.807) is 22.3 Å². The molecular weight excluding hydrogens is 516 g/mol. The van der Waals surface area contributed by atoms with Gasteiger partial charge in [0.05, 0.1) is 0 Å². The van der Waals surface area contributed by atoms with Crippen LogP contribution < -0.4 is 20.9 Å². The highest BCUT2D eigenvalue weighted by Crippen LogP contribution is 2.40. The molecule has 0 N–H and O–H groups in total. The van der Waals surface area contributed by atoms with Crippen LogP contribution in [-0.2, 0) is 0 Å². The van der Waals surface area contributed by atoms with Crippen molar-refractivity contribution in [3.63, 3.8) is 0 Å². The zero-order chi connectivity index (χ0) is 28.5. The van der Waals surface area contributed by atoms with Gasteiger partial charge in [0.15, 0.2) is 0 Å². The normalized spacial score (nSPS) is 21.3. The van der Waals surface area contributed by atoms with Crippen LogP contribution in [0.1, 0.15) is 80.0 Å². The molecule has 0 bridgehead atoms. The van der Waals surface area contributed by atoms with Gasteiger partial charge in [0.1, 0.15) is 0 Å². The van der Waals surface area contributed by atoms with E-state index in [9.17, 15) is 0 Å². The van der Waals surface area contributed by atoms with E-state index in [1.165, 1.54) is 84.7 Å². The predicted octanol–water partition coefficient (Wildman–Crippen LogP) is 7.96. The molecule has 0 aromatic heterocycles. The van der Waals surface area contributed by atoms with Crippen LogP contribution in [0.2, 0.25) is 0 Å². The van der Waals surface area contributed by atoms with Crippen molar-refractivity contribution in [2.75, 3.05) is 0 Å². The summed E-state index contributed by atoms with van der Waals surface area (Å²) in [4.78, 5) is 0. The third-order valence-electron chi connectivity index (χ3n) is 11.0. The SMILES string of the molecule is Cc1cc(C2=CC=C(C3=c4cccc5c4=C(CC3)c3ccccc3-5)CC2)c2c(c1C1=CC3=CC=CCC3CC1)=CCCC=2. The van der Waals surface area contributed by atoms with Gasteiger partial charge in [0.2, 0.25) is 0 Å². The summed E-state index contributed by atoms with van der Waals surface area (Å²) in [6.45, 7) is 2.36. The Bertz CT molecular complexity index is 2150. The summed E-state index contributed by atoms with van der Waals surface area (Å²) in [5.74, 6) is 0.715. The molecule has 0 spiro atoms. The third-order valence-corrected chi connectivity index (χ3v) is 11.0. The molecule has 1 atom stereocenters. The van der Waals surface area contributed by atoms with E-state index in [1.807, 2.05) is 0 Å². The molecule has 0 heterocycles. The molecule has 1 unspecified atom stereocenters. The van der Waals surface area contributed by atoms with E-state index in [0.29, 0.717) is 5.92 Å². The summed E-state index contributed by atoms with van der Waals surface area (Å²) in [7, 11) is 0. The van der Waals surface area contributed by atoms with Gasteiger partial charge in [-0.15, -0.1) is 0 Å². The molecule has 3 aromatic rings. The molecule has 0 fully saturated rings. The Morgan fingerprint density at radius 2 is 1.44 bits per heavy atom. The van der Waals surface area contributed by atoms with E-state index < -0.39 is 0 Å². The first-order valence-electron chi connectivity index (χ1n) is 16.5. The molecular formula is C43H38. The fourth-order valence-corrected chi connectivity index (χ4v) is 8.94. The number of allylic oxidation sites excluding steroid dienone is 10. The van der Waals surface area contributed by atoms with Crippen LogP contribution in [0.3, 0.4) is 0 Å². The highest BCUT2D eigenvalue weighted by molar-refractivity contribution is 5.92. The molecule has 0 radical (unpaired) electrons. The topological polar surface area (TPSA) is 0 Å². The summed E-state index contributed by atoms with van der Waals surface area (Å²) in [6, 6.07) is 18.5. The highest BCUT2D eigenvalue weighted by Gasteiger charge is 2.26. The molecule has 0 heteroatoms. The summed E-state index contributed by atoms with van der Waals surface area (Å²) in [5.41, 5.74) is 18.0. The van der Waals surface area contributed by atoms with Crippen LogP contribution in [0.5, 0.6) is 0 Å². The molecule has 6 aliphatic rings. The van der Waals surface area contributed by atoms with Crippen molar-refractivity contribution in [1.82, 2.24) is 0 Å². The van der Waals surface area contributed by atoms with E-state index in [4.69, 9.17) is 0 Å². The zero-order valence-electron chi connectivity index (χ0n) is 25.2. The maximum atomic E-state index is 2.54. The monoisotopic (exact) mass is 554 g/mol. The van der Waals surface area contributed by atoms with E-state index >= 15 is 0 Å². The molecule has 0 nitrogen and oxygen atoms in total. The van der Waals surface area contributed by atoms with E-state index in [2.05, 4.69) is 104 Å². The Morgan fingerprint density at radius 3 is 2.33 bits per heavy atom. The maximum Gasteiger partial charge on any atom is -0.00639 e. The Morgan fingerprint density at radius 1 is 0.651 bits per heavy atom. The number of hydrogen-bond acceptors (Lipinski definition) is 0. The van der Waals surface area contributed by atoms with Gasteiger partial charge in [0, 0.05) is 0 Å². The second kappa shape index (κ2) is 9.95. The Kier molecular flexibility index (Phi) is 5.87. The van der Waals surface area contributed by atoms with Crippen LogP contribution in [0.25, 0.3) is 45.6 Å². The van der Waals surface area contributed by atoms with Gasteiger partial charge in [-0.25, -0.2) is 0 Å². The first kappa shape index (κ1) is 25.3. The van der Waals surface area contributed by atoms with Gasteiger partial charge in [-0.1, -0.05) is 97.1 Å². The van der Waals surface area contributed by atoms with Gasteiger partial charge in [-0.05, 0) is 158 Å². The van der Waals surface area contributed by atoms with E-state index in [-0.39, 0.29) is 0 Å². The minimum Gasteiger partial charge on any atom is -0.0839 e. The van der Waals surface area contributed by atoms with Gasteiger partial charge in [0.25, 0.3) is 0 Å². The molecule has 9 rings (SSSR count). The second-order valence-electron chi connectivity index (χ2n) is 13.3. The maximum absolute atomic E-state index is 2.54. The lowest BCUT2D eigenvalue weighted by Crippen LogP contribution is -2.35. The standard InChI is InChI=1S/C43H38/c1-27-25-41(36-13-6-7-14-38(36)42(27)32-22-17-28-9-2-3-10-31(28)26-32)30-20-18-29(19-21-30)33-23-24-40-35-12-5-4-11-34(35)39-16-8-15-37(33)43(39)40/h2-5,8,10-16,18,20,25-26,28H,6-7,9,17,19,21-24H2,1H3. The third kappa shape index (κ3) is 3.96.